The summed E-state index contributed by atoms with van der Waals surface area (Å²) in [6.07, 6.45) is -3.81. The predicted molar refractivity (Wildman–Crippen MR) is 103 cm³/mol. The summed E-state index contributed by atoms with van der Waals surface area (Å²) < 4.78 is 100.0. The number of alkyl halides is 7. The van der Waals surface area contributed by atoms with Gasteiger partial charge in [-0.25, -0.2) is 4.90 Å². The van der Waals surface area contributed by atoms with Gasteiger partial charge in [-0.1, -0.05) is 19.4 Å². The fourth-order valence-corrected chi connectivity index (χ4v) is 3.15. The van der Waals surface area contributed by atoms with Gasteiger partial charge in [0.1, 0.15) is 11.5 Å². The van der Waals surface area contributed by atoms with Crippen molar-refractivity contribution in [1.82, 2.24) is 0 Å². The van der Waals surface area contributed by atoms with Crippen molar-refractivity contribution < 1.29 is 45.1 Å². The van der Waals surface area contributed by atoms with Crippen LogP contribution in [0.3, 0.4) is 0 Å². The Morgan fingerprint density at radius 3 is 1.94 bits per heavy atom. The Morgan fingerprint density at radius 1 is 0.848 bits per heavy atom. The van der Waals surface area contributed by atoms with E-state index in [9.17, 15) is 40.3 Å². The van der Waals surface area contributed by atoms with Gasteiger partial charge >= 0.3 is 18.0 Å². The molecule has 0 aliphatic carbocycles. The molecule has 11 heteroatoms. The number of amides is 2. The van der Waals surface area contributed by atoms with E-state index >= 15 is 0 Å². The fourth-order valence-electron chi connectivity index (χ4n) is 3.15. The maximum absolute atomic E-state index is 14.5. The molecule has 1 aliphatic heterocycles. The zero-order valence-corrected chi connectivity index (χ0v) is 16.9. The van der Waals surface area contributed by atoms with E-state index in [1.807, 2.05) is 0 Å². The van der Waals surface area contributed by atoms with Crippen LogP contribution in [-0.4, -0.2) is 23.9 Å². The second-order valence-corrected chi connectivity index (χ2v) is 7.17. The molecule has 0 aromatic heterocycles. The Balaban J connectivity index is 1.98. The quantitative estimate of drug-likeness (QED) is 0.357. The molecule has 0 bridgehead atoms. The van der Waals surface area contributed by atoms with Crippen molar-refractivity contribution in [3.05, 3.63) is 65.7 Å². The first-order valence-electron chi connectivity index (χ1n) is 9.59. The van der Waals surface area contributed by atoms with Gasteiger partial charge in [0, 0.05) is 12.2 Å². The minimum Gasteiger partial charge on any atom is -0.457 e. The lowest BCUT2D eigenvalue weighted by molar-refractivity contribution is -0.359. The van der Waals surface area contributed by atoms with Crippen LogP contribution >= 0.6 is 0 Å². The molecule has 4 nitrogen and oxygen atoms in total. The van der Waals surface area contributed by atoms with Crippen LogP contribution in [0.5, 0.6) is 11.5 Å². The predicted octanol–water partition coefficient (Wildman–Crippen LogP) is 6.15. The van der Waals surface area contributed by atoms with Crippen molar-refractivity contribution >= 4 is 17.5 Å². The summed E-state index contributed by atoms with van der Waals surface area (Å²) in [5.74, 6) is -14.3. The molecule has 0 spiro atoms. The molecule has 0 radical (unpaired) electrons. The fraction of sp³-hybridized carbons (Fsp3) is 0.273. The topological polar surface area (TPSA) is 46.6 Å². The maximum Gasteiger partial charge on any atom is 0.460 e. The van der Waals surface area contributed by atoms with E-state index in [0.29, 0.717) is 12.5 Å². The summed E-state index contributed by atoms with van der Waals surface area (Å²) in [6.45, 7) is 1.68. The van der Waals surface area contributed by atoms with E-state index in [2.05, 4.69) is 0 Å². The molecule has 0 saturated heterocycles. The van der Waals surface area contributed by atoms with E-state index in [1.165, 1.54) is 18.2 Å². The van der Waals surface area contributed by atoms with Crippen molar-refractivity contribution in [2.24, 2.45) is 0 Å². The van der Waals surface area contributed by atoms with Gasteiger partial charge in [-0.2, -0.15) is 30.7 Å². The first-order chi connectivity index (χ1) is 15.3. The molecule has 0 atom stereocenters. The molecular weight excluding hydrogens is 459 g/mol. The number of carbonyl (C=O) groups excluding carboxylic acids is 2. The average Bonchev–Trinajstić information content (AvgIpc) is 3.07. The van der Waals surface area contributed by atoms with Crippen LogP contribution in [0.2, 0.25) is 0 Å². The van der Waals surface area contributed by atoms with Gasteiger partial charge in [0.2, 0.25) is 0 Å². The number of carbonyl (C=O) groups is 2. The zero-order chi connectivity index (χ0) is 24.6. The largest absolute Gasteiger partial charge is 0.460 e. The van der Waals surface area contributed by atoms with Gasteiger partial charge in [0.15, 0.2) is 0 Å². The number of benzene rings is 2. The van der Waals surface area contributed by atoms with Gasteiger partial charge in [-0.15, -0.1) is 0 Å². The van der Waals surface area contributed by atoms with Crippen LogP contribution in [0, 0.1) is 0 Å². The van der Waals surface area contributed by atoms with E-state index in [-0.39, 0.29) is 23.4 Å². The van der Waals surface area contributed by atoms with Crippen LogP contribution in [0.1, 0.15) is 24.5 Å². The van der Waals surface area contributed by atoms with E-state index in [4.69, 9.17) is 4.74 Å². The van der Waals surface area contributed by atoms with Crippen LogP contribution < -0.4 is 9.64 Å². The van der Waals surface area contributed by atoms with Gasteiger partial charge in [0.05, 0.1) is 11.3 Å². The summed E-state index contributed by atoms with van der Waals surface area (Å²) in [6, 6.07) is 7.51. The molecule has 2 aromatic carbocycles. The summed E-state index contributed by atoms with van der Waals surface area (Å²) >= 11 is 0. The Morgan fingerprint density at radius 2 is 1.42 bits per heavy atom. The maximum atomic E-state index is 14.5. The molecule has 2 amide bonds. The number of nitrogens with zero attached hydrogens (tertiary/aromatic N) is 1. The summed E-state index contributed by atoms with van der Waals surface area (Å²) in [4.78, 5) is 24.2. The van der Waals surface area contributed by atoms with Crippen molar-refractivity contribution in [2.75, 3.05) is 4.90 Å². The molecular formula is C22H16F7NO3. The van der Waals surface area contributed by atoms with Crippen molar-refractivity contribution in [3.8, 4) is 11.5 Å². The number of aryl methyl sites for hydroxylation is 1. The SMILES string of the molecule is CCCc1ccc(Oc2ccc(N3C(=O)C=CC3=O)cc2)c(C(F)(F)C(F)(F)C(F)(F)F)c1. The molecule has 0 unspecified atom stereocenters. The lowest BCUT2D eigenvalue weighted by Gasteiger charge is -2.29. The van der Waals surface area contributed by atoms with Crippen LogP contribution in [0.4, 0.5) is 36.4 Å². The van der Waals surface area contributed by atoms with E-state index < -0.39 is 41.1 Å². The number of hydrogen-bond acceptors (Lipinski definition) is 3. The van der Waals surface area contributed by atoms with Gasteiger partial charge in [-0.3, -0.25) is 9.59 Å². The third-order valence-electron chi connectivity index (χ3n) is 4.80. The van der Waals surface area contributed by atoms with Crippen LogP contribution in [-0.2, 0) is 21.9 Å². The minimum atomic E-state index is -6.50. The lowest BCUT2D eigenvalue weighted by atomic mass is 9.97. The second-order valence-electron chi connectivity index (χ2n) is 7.17. The third kappa shape index (κ3) is 4.44. The average molecular weight is 475 g/mol. The number of hydrogen-bond donors (Lipinski definition) is 0. The molecule has 1 heterocycles. The first-order valence-corrected chi connectivity index (χ1v) is 9.59. The highest BCUT2D eigenvalue weighted by atomic mass is 19.4. The molecule has 0 fully saturated rings. The second kappa shape index (κ2) is 8.53. The normalized spacial score (nSPS) is 14.8. The van der Waals surface area contributed by atoms with E-state index in [0.717, 1.165) is 35.3 Å². The third-order valence-corrected chi connectivity index (χ3v) is 4.80. The van der Waals surface area contributed by atoms with Crippen LogP contribution in [0.15, 0.2) is 54.6 Å². The Labute approximate surface area is 183 Å². The smallest absolute Gasteiger partial charge is 0.457 e. The Bertz CT molecular complexity index is 1070. The first kappa shape index (κ1) is 24.3. The summed E-state index contributed by atoms with van der Waals surface area (Å²) in [5.41, 5.74) is -1.37. The summed E-state index contributed by atoms with van der Waals surface area (Å²) in [5, 5.41) is 0. The van der Waals surface area contributed by atoms with Gasteiger partial charge in [0.25, 0.3) is 11.8 Å². The molecule has 1 aliphatic rings. The molecule has 33 heavy (non-hydrogen) atoms. The highest BCUT2D eigenvalue weighted by Crippen LogP contribution is 2.54. The minimum absolute atomic E-state index is 0.120. The van der Waals surface area contributed by atoms with Crippen molar-refractivity contribution in [1.29, 1.82) is 0 Å². The Kier molecular flexibility index (Phi) is 6.27. The number of ether oxygens (including phenoxy) is 1. The standard InChI is InChI=1S/C22H16F7NO3/c1-2-3-13-4-9-17(16(12-13)20(23,24)21(25,26)22(27,28)29)33-15-7-5-14(6-8-15)30-18(31)10-11-19(30)32/h4-12H,2-3H2,1H3. The molecule has 0 N–H and O–H groups in total. The van der Waals surface area contributed by atoms with Crippen molar-refractivity contribution in [3.63, 3.8) is 0 Å². The molecule has 2 aromatic rings. The van der Waals surface area contributed by atoms with Gasteiger partial charge < -0.3 is 4.74 Å². The highest BCUT2D eigenvalue weighted by molar-refractivity contribution is 6.28. The van der Waals surface area contributed by atoms with E-state index in [1.54, 1.807) is 6.92 Å². The molecule has 176 valence electrons. The molecule has 0 saturated carbocycles. The van der Waals surface area contributed by atoms with Crippen LogP contribution in [0.25, 0.3) is 0 Å². The summed E-state index contributed by atoms with van der Waals surface area (Å²) in [7, 11) is 0. The number of halogens is 7. The van der Waals surface area contributed by atoms with Crippen molar-refractivity contribution in [2.45, 2.75) is 37.8 Å². The monoisotopic (exact) mass is 475 g/mol. The number of imide groups is 1. The molecule has 3 rings (SSSR count). The number of rotatable bonds is 7. The highest BCUT2D eigenvalue weighted by Gasteiger charge is 2.74. The lowest BCUT2D eigenvalue weighted by Crippen LogP contribution is -2.50. The number of anilines is 1. The zero-order valence-electron chi connectivity index (χ0n) is 16.9. The Hall–Kier alpha value is -3.37. The van der Waals surface area contributed by atoms with Gasteiger partial charge in [-0.05, 0) is 48.4 Å².